The molecule has 0 heterocycles. The first-order valence-electron chi connectivity index (χ1n) is 7.10. The Labute approximate surface area is 142 Å². The second kappa shape index (κ2) is 7.38. The third-order valence-corrected chi connectivity index (χ3v) is 4.13. The predicted molar refractivity (Wildman–Crippen MR) is 92.9 cm³/mol. The lowest BCUT2D eigenvalue weighted by Gasteiger charge is -2.32. The van der Waals surface area contributed by atoms with Crippen molar-refractivity contribution in [2.24, 2.45) is 0 Å². The molecular weight excluding hydrogens is 321 g/mol. The lowest BCUT2D eigenvalue weighted by atomic mass is 9.92. The Morgan fingerprint density at radius 3 is 2.36 bits per heavy atom. The molecule has 0 spiro atoms. The van der Waals surface area contributed by atoms with Gasteiger partial charge in [-0.25, -0.2) is 4.79 Å². The van der Waals surface area contributed by atoms with Gasteiger partial charge in [0.2, 0.25) is 0 Å². The van der Waals surface area contributed by atoms with Crippen molar-refractivity contribution in [2.75, 3.05) is 7.05 Å². The summed E-state index contributed by atoms with van der Waals surface area (Å²) in [6, 6.07) is 5.30. The summed E-state index contributed by atoms with van der Waals surface area (Å²) in [5.41, 5.74) is 0.422. The van der Waals surface area contributed by atoms with Gasteiger partial charge in [-0.05, 0) is 45.4 Å². The van der Waals surface area contributed by atoms with Gasteiger partial charge in [-0.1, -0.05) is 35.3 Å². The summed E-state index contributed by atoms with van der Waals surface area (Å²) in [6.07, 6.45) is 1.43. The van der Waals surface area contributed by atoms with Crippen molar-refractivity contribution in [3.05, 3.63) is 46.5 Å². The Morgan fingerprint density at radius 2 is 1.91 bits per heavy atom. The van der Waals surface area contributed by atoms with Crippen molar-refractivity contribution in [2.45, 2.75) is 45.3 Å². The Morgan fingerprint density at radius 1 is 1.32 bits per heavy atom. The number of nitrogens with zero attached hydrogens (tertiary/aromatic N) is 1. The fourth-order valence-corrected chi connectivity index (χ4v) is 2.38. The highest BCUT2D eigenvalue weighted by atomic mass is 35.5. The topological polar surface area (TPSA) is 29.5 Å². The Balaban J connectivity index is 2.96. The van der Waals surface area contributed by atoms with Crippen molar-refractivity contribution < 1.29 is 9.53 Å². The minimum Gasteiger partial charge on any atom is -0.444 e. The number of rotatable bonds is 4. The summed E-state index contributed by atoms with van der Waals surface area (Å²) >= 11 is 12.0. The van der Waals surface area contributed by atoms with Crippen molar-refractivity contribution in [1.82, 2.24) is 4.90 Å². The minimum absolute atomic E-state index is 0.0766. The van der Waals surface area contributed by atoms with E-state index in [9.17, 15) is 4.79 Å². The third-order valence-electron chi connectivity index (χ3n) is 3.39. The minimum atomic E-state index is -0.529. The van der Waals surface area contributed by atoms with Gasteiger partial charge in [0.1, 0.15) is 5.60 Å². The summed E-state index contributed by atoms with van der Waals surface area (Å²) < 4.78 is 5.40. The van der Waals surface area contributed by atoms with Crippen molar-refractivity contribution in [3.8, 4) is 0 Å². The fraction of sp³-hybridized carbons (Fsp3) is 0.471. The van der Waals surface area contributed by atoms with Gasteiger partial charge in [-0.3, -0.25) is 0 Å². The lowest BCUT2D eigenvalue weighted by Crippen LogP contribution is -2.41. The van der Waals surface area contributed by atoms with E-state index in [1.54, 1.807) is 30.2 Å². The molecular formula is C17H23Cl2NO2. The molecule has 0 bridgehead atoms. The quantitative estimate of drug-likeness (QED) is 0.673. The highest BCUT2D eigenvalue weighted by Gasteiger charge is 2.27. The van der Waals surface area contributed by atoms with Gasteiger partial charge in [-0.15, -0.1) is 6.58 Å². The van der Waals surface area contributed by atoms with E-state index in [0.29, 0.717) is 10.0 Å². The number of carbonyl (C=O) groups excluding carboxylic acids is 1. The standard InChI is InChI=1S/C17H23Cl2NO2/c1-7-13(12-8-9-14(18)15(19)10-12)11(2)20(6)16(21)22-17(3,4)5/h7-11,13H,1H2,2-6H3. The Hall–Kier alpha value is -1.19. The average molecular weight is 344 g/mol. The summed E-state index contributed by atoms with van der Waals surface area (Å²) in [5, 5.41) is 0.986. The van der Waals surface area contributed by atoms with Crippen LogP contribution in [0.25, 0.3) is 0 Å². The Bertz CT molecular complexity index is 552. The van der Waals surface area contributed by atoms with Crippen LogP contribution in [0, 0.1) is 0 Å². The van der Waals surface area contributed by atoms with Gasteiger partial charge in [-0.2, -0.15) is 0 Å². The monoisotopic (exact) mass is 343 g/mol. The van der Waals surface area contributed by atoms with Crippen LogP contribution in [-0.2, 0) is 4.74 Å². The molecule has 0 aliphatic carbocycles. The maximum Gasteiger partial charge on any atom is 0.410 e. The maximum atomic E-state index is 12.2. The van der Waals surface area contributed by atoms with Crippen LogP contribution in [0.2, 0.25) is 10.0 Å². The zero-order chi connectivity index (χ0) is 17.1. The smallest absolute Gasteiger partial charge is 0.410 e. The maximum absolute atomic E-state index is 12.2. The van der Waals surface area contributed by atoms with Crippen LogP contribution < -0.4 is 0 Å². The van der Waals surface area contributed by atoms with Crippen LogP contribution in [0.3, 0.4) is 0 Å². The molecule has 0 radical (unpaired) electrons. The van der Waals surface area contributed by atoms with Gasteiger partial charge in [0.25, 0.3) is 0 Å². The molecule has 0 aliphatic rings. The molecule has 5 heteroatoms. The van der Waals surface area contributed by atoms with E-state index in [-0.39, 0.29) is 18.1 Å². The van der Waals surface area contributed by atoms with E-state index < -0.39 is 5.60 Å². The number of hydrogen-bond donors (Lipinski definition) is 0. The highest BCUT2D eigenvalue weighted by molar-refractivity contribution is 6.42. The molecule has 2 atom stereocenters. The van der Waals surface area contributed by atoms with Crippen LogP contribution in [0.15, 0.2) is 30.9 Å². The molecule has 3 nitrogen and oxygen atoms in total. The average Bonchev–Trinajstić information content (AvgIpc) is 2.40. The number of likely N-dealkylation sites (N-methyl/N-ethyl adjacent to an activating group) is 1. The van der Waals surface area contributed by atoms with E-state index in [1.165, 1.54) is 0 Å². The van der Waals surface area contributed by atoms with Crippen molar-refractivity contribution in [1.29, 1.82) is 0 Å². The summed E-state index contributed by atoms with van der Waals surface area (Å²) in [6.45, 7) is 11.3. The molecule has 1 rings (SSSR count). The van der Waals surface area contributed by atoms with Crippen LogP contribution in [0.5, 0.6) is 0 Å². The molecule has 1 amide bonds. The molecule has 2 unspecified atom stereocenters. The Kier molecular flexibility index (Phi) is 6.33. The second-order valence-corrected chi connectivity index (χ2v) is 7.08. The molecule has 0 saturated heterocycles. The summed E-state index contributed by atoms with van der Waals surface area (Å²) in [7, 11) is 1.72. The zero-order valence-corrected chi connectivity index (χ0v) is 15.2. The first-order valence-corrected chi connectivity index (χ1v) is 7.85. The van der Waals surface area contributed by atoms with Crippen LogP contribution in [0.4, 0.5) is 4.79 Å². The number of benzene rings is 1. The summed E-state index contributed by atoms with van der Waals surface area (Å²) in [5.74, 6) is -0.0766. The first kappa shape index (κ1) is 18.9. The van der Waals surface area contributed by atoms with Gasteiger partial charge in [0.05, 0.1) is 10.0 Å². The fourth-order valence-electron chi connectivity index (χ4n) is 2.07. The normalized spacial score (nSPS) is 14.1. The van der Waals surface area contributed by atoms with E-state index in [4.69, 9.17) is 27.9 Å². The van der Waals surface area contributed by atoms with E-state index in [0.717, 1.165) is 5.56 Å². The van der Waals surface area contributed by atoms with E-state index in [1.807, 2.05) is 33.8 Å². The molecule has 0 saturated carbocycles. The molecule has 0 aliphatic heterocycles. The molecule has 122 valence electrons. The predicted octanol–water partition coefficient (Wildman–Crippen LogP) is 5.52. The molecule has 22 heavy (non-hydrogen) atoms. The first-order chi connectivity index (χ1) is 10.1. The number of carbonyl (C=O) groups is 1. The number of halogens is 2. The molecule has 0 fully saturated rings. The SMILES string of the molecule is C=CC(c1ccc(Cl)c(Cl)c1)C(C)N(C)C(=O)OC(C)(C)C. The van der Waals surface area contributed by atoms with Crippen LogP contribution in [0.1, 0.15) is 39.2 Å². The van der Waals surface area contributed by atoms with Crippen LogP contribution in [-0.4, -0.2) is 29.7 Å². The van der Waals surface area contributed by atoms with E-state index >= 15 is 0 Å². The lowest BCUT2D eigenvalue weighted by molar-refractivity contribution is 0.0225. The molecule has 1 aromatic rings. The van der Waals surface area contributed by atoms with Gasteiger partial charge >= 0.3 is 6.09 Å². The number of amides is 1. The van der Waals surface area contributed by atoms with Crippen molar-refractivity contribution >= 4 is 29.3 Å². The third kappa shape index (κ3) is 4.92. The van der Waals surface area contributed by atoms with Gasteiger partial charge in [0.15, 0.2) is 0 Å². The molecule has 0 aromatic heterocycles. The van der Waals surface area contributed by atoms with E-state index in [2.05, 4.69) is 6.58 Å². The highest BCUT2D eigenvalue weighted by Crippen LogP contribution is 2.30. The number of ether oxygens (including phenoxy) is 1. The zero-order valence-electron chi connectivity index (χ0n) is 13.7. The second-order valence-electron chi connectivity index (χ2n) is 6.27. The molecule has 0 N–H and O–H groups in total. The van der Waals surface area contributed by atoms with Gasteiger partial charge < -0.3 is 9.64 Å². The number of hydrogen-bond acceptors (Lipinski definition) is 2. The largest absolute Gasteiger partial charge is 0.444 e. The summed E-state index contributed by atoms with van der Waals surface area (Å²) in [4.78, 5) is 13.8. The van der Waals surface area contributed by atoms with Crippen LogP contribution >= 0.6 is 23.2 Å². The van der Waals surface area contributed by atoms with Crippen molar-refractivity contribution in [3.63, 3.8) is 0 Å². The van der Waals surface area contributed by atoms with Gasteiger partial charge in [0, 0.05) is 19.0 Å². The molecule has 1 aromatic carbocycles.